The first-order valence-electron chi connectivity index (χ1n) is 7.20. The maximum Gasteiger partial charge on any atom is 0.255 e. The van der Waals surface area contributed by atoms with Crippen molar-refractivity contribution in [3.05, 3.63) is 58.7 Å². The first-order valence-corrected chi connectivity index (χ1v) is 8.00. The standard InChI is InChI=1S/C18H15BrN2O3/c1-23-15-10-14(16-13(17(15)24-2)4-3-9-20-16)21-18(22)11-5-7-12(19)8-6-11/h3-10H,1-2H3,(H,21,22). The van der Waals surface area contributed by atoms with Crippen LogP contribution in [-0.2, 0) is 0 Å². The highest BCUT2D eigenvalue weighted by molar-refractivity contribution is 9.10. The van der Waals surface area contributed by atoms with Gasteiger partial charge in [-0.05, 0) is 36.4 Å². The maximum atomic E-state index is 12.5. The molecule has 122 valence electrons. The summed E-state index contributed by atoms with van der Waals surface area (Å²) in [4.78, 5) is 16.9. The number of nitrogens with zero attached hydrogens (tertiary/aromatic N) is 1. The van der Waals surface area contributed by atoms with Gasteiger partial charge in [-0.1, -0.05) is 15.9 Å². The molecule has 2 aromatic carbocycles. The second-order valence-electron chi connectivity index (χ2n) is 5.02. The second-order valence-corrected chi connectivity index (χ2v) is 5.94. The van der Waals surface area contributed by atoms with E-state index in [-0.39, 0.29) is 5.91 Å². The summed E-state index contributed by atoms with van der Waals surface area (Å²) in [6, 6.07) is 12.5. The number of methoxy groups -OCH3 is 2. The van der Waals surface area contributed by atoms with Gasteiger partial charge in [-0.3, -0.25) is 9.78 Å². The van der Waals surface area contributed by atoms with E-state index in [1.807, 2.05) is 24.3 Å². The van der Waals surface area contributed by atoms with Crippen LogP contribution < -0.4 is 14.8 Å². The molecule has 24 heavy (non-hydrogen) atoms. The fourth-order valence-electron chi connectivity index (χ4n) is 2.45. The van der Waals surface area contributed by atoms with Crippen LogP contribution in [0.15, 0.2) is 53.1 Å². The van der Waals surface area contributed by atoms with Crippen molar-refractivity contribution < 1.29 is 14.3 Å². The van der Waals surface area contributed by atoms with Crippen molar-refractivity contribution in [1.82, 2.24) is 4.98 Å². The van der Waals surface area contributed by atoms with Gasteiger partial charge in [-0.25, -0.2) is 0 Å². The highest BCUT2D eigenvalue weighted by Gasteiger charge is 2.16. The van der Waals surface area contributed by atoms with Gasteiger partial charge in [0, 0.05) is 27.7 Å². The van der Waals surface area contributed by atoms with Crippen molar-refractivity contribution in [2.45, 2.75) is 0 Å². The van der Waals surface area contributed by atoms with E-state index in [2.05, 4.69) is 26.2 Å². The molecule has 0 saturated carbocycles. The Kier molecular flexibility index (Phi) is 4.66. The van der Waals surface area contributed by atoms with E-state index in [0.717, 1.165) is 9.86 Å². The van der Waals surface area contributed by atoms with Gasteiger partial charge in [0.05, 0.1) is 25.4 Å². The topological polar surface area (TPSA) is 60.5 Å². The number of fused-ring (bicyclic) bond motifs is 1. The van der Waals surface area contributed by atoms with Crippen LogP contribution in [0.4, 0.5) is 5.69 Å². The second kappa shape index (κ2) is 6.88. The molecule has 0 unspecified atom stereocenters. The Morgan fingerprint density at radius 1 is 1.12 bits per heavy atom. The zero-order valence-electron chi connectivity index (χ0n) is 13.2. The van der Waals surface area contributed by atoms with Gasteiger partial charge < -0.3 is 14.8 Å². The molecule has 1 N–H and O–H groups in total. The summed E-state index contributed by atoms with van der Waals surface area (Å²) < 4.78 is 11.7. The number of benzene rings is 2. The SMILES string of the molecule is COc1cc(NC(=O)c2ccc(Br)cc2)c2ncccc2c1OC. The first-order chi connectivity index (χ1) is 11.6. The van der Waals surface area contributed by atoms with E-state index in [0.29, 0.717) is 28.3 Å². The summed E-state index contributed by atoms with van der Waals surface area (Å²) in [6.07, 6.45) is 1.67. The van der Waals surface area contributed by atoms with E-state index in [1.54, 1.807) is 38.6 Å². The number of hydrogen-bond acceptors (Lipinski definition) is 4. The van der Waals surface area contributed by atoms with Gasteiger partial charge in [0.15, 0.2) is 11.5 Å². The van der Waals surface area contributed by atoms with E-state index >= 15 is 0 Å². The molecule has 0 radical (unpaired) electrons. The largest absolute Gasteiger partial charge is 0.493 e. The third-order valence-corrected chi connectivity index (χ3v) is 4.11. The van der Waals surface area contributed by atoms with Gasteiger partial charge in [0.1, 0.15) is 0 Å². The van der Waals surface area contributed by atoms with Crippen molar-refractivity contribution in [3.8, 4) is 11.5 Å². The molecule has 0 bridgehead atoms. The molecule has 1 heterocycles. The highest BCUT2D eigenvalue weighted by Crippen LogP contribution is 2.39. The lowest BCUT2D eigenvalue weighted by Crippen LogP contribution is -2.12. The summed E-state index contributed by atoms with van der Waals surface area (Å²) in [6.45, 7) is 0. The Balaban J connectivity index is 2.06. The number of aromatic nitrogens is 1. The van der Waals surface area contributed by atoms with Crippen LogP contribution in [0.2, 0.25) is 0 Å². The molecular formula is C18H15BrN2O3. The van der Waals surface area contributed by atoms with Crippen LogP contribution in [0.1, 0.15) is 10.4 Å². The molecule has 0 spiro atoms. The fraction of sp³-hybridized carbons (Fsp3) is 0.111. The smallest absolute Gasteiger partial charge is 0.255 e. The van der Waals surface area contributed by atoms with E-state index in [9.17, 15) is 4.79 Å². The summed E-state index contributed by atoms with van der Waals surface area (Å²) >= 11 is 3.36. The molecule has 3 rings (SSSR count). The van der Waals surface area contributed by atoms with Crippen LogP contribution in [0, 0.1) is 0 Å². The van der Waals surface area contributed by atoms with Gasteiger partial charge in [-0.15, -0.1) is 0 Å². The van der Waals surface area contributed by atoms with E-state index < -0.39 is 0 Å². The third kappa shape index (κ3) is 3.05. The molecule has 3 aromatic rings. The van der Waals surface area contributed by atoms with E-state index in [1.165, 1.54) is 0 Å². The number of rotatable bonds is 4. The lowest BCUT2D eigenvalue weighted by Gasteiger charge is -2.14. The fourth-order valence-corrected chi connectivity index (χ4v) is 2.72. The van der Waals surface area contributed by atoms with Crippen molar-refractivity contribution in [2.75, 3.05) is 19.5 Å². The zero-order valence-corrected chi connectivity index (χ0v) is 14.8. The number of hydrogen-bond donors (Lipinski definition) is 1. The normalized spacial score (nSPS) is 10.5. The molecule has 0 atom stereocenters. The number of carbonyl (C=O) groups excluding carboxylic acids is 1. The number of anilines is 1. The number of carbonyl (C=O) groups is 1. The minimum Gasteiger partial charge on any atom is -0.493 e. The highest BCUT2D eigenvalue weighted by atomic mass is 79.9. The monoisotopic (exact) mass is 386 g/mol. The number of ether oxygens (including phenoxy) is 2. The maximum absolute atomic E-state index is 12.5. The van der Waals surface area contributed by atoms with Gasteiger partial charge in [0.2, 0.25) is 0 Å². The summed E-state index contributed by atoms with van der Waals surface area (Å²) in [7, 11) is 3.13. The number of amides is 1. The van der Waals surface area contributed by atoms with E-state index in [4.69, 9.17) is 9.47 Å². The molecule has 0 fully saturated rings. The minimum atomic E-state index is -0.221. The molecule has 0 aliphatic rings. The Labute approximate surface area is 147 Å². The lowest BCUT2D eigenvalue weighted by molar-refractivity contribution is 0.102. The Morgan fingerprint density at radius 2 is 1.88 bits per heavy atom. The Morgan fingerprint density at radius 3 is 2.54 bits per heavy atom. The van der Waals surface area contributed by atoms with Crippen LogP contribution in [0.25, 0.3) is 10.9 Å². The third-order valence-electron chi connectivity index (χ3n) is 3.59. The molecule has 6 heteroatoms. The molecule has 5 nitrogen and oxygen atoms in total. The molecule has 0 aliphatic carbocycles. The molecule has 1 aromatic heterocycles. The Bertz CT molecular complexity index is 895. The van der Waals surface area contributed by atoms with Crippen molar-refractivity contribution in [2.24, 2.45) is 0 Å². The summed E-state index contributed by atoms with van der Waals surface area (Å²) in [5.41, 5.74) is 1.76. The summed E-state index contributed by atoms with van der Waals surface area (Å²) in [5, 5.41) is 3.66. The van der Waals surface area contributed by atoms with Crippen molar-refractivity contribution in [1.29, 1.82) is 0 Å². The van der Waals surface area contributed by atoms with Gasteiger partial charge in [0.25, 0.3) is 5.91 Å². The lowest BCUT2D eigenvalue weighted by atomic mass is 10.1. The van der Waals surface area contributed by atoms with Crippen molar-refractivity contribution >= 4 is 38.4 Å². The minimum absolute atomic E-state index is 0.221. The van der Waals surface area contributed by atoms with Gasteiger partial charge in [-0.2, -0.15) is 0 Å². The number of pyridine rings is 1. The van der Waals surface area contributed by atoms with Crippen LogP contribution in [0.3, 0.4) is 0 Å². The quantitative estimate of drug-likeness (QED) is 0.727. The molecular weight excluding hydrogens is 372 g/mol. The van der Waals surface area contributed by atoms with Crippen molar-refractivity contribution in [3.63, 3.8) is 0 Å². The molecule has 0 aliphatic heterocycles. The number of nitrogens with one attached hydrogen (secondary N) is 1. The predicted octanol–water partition coefficient (Wildman–Crippen LogP) is 4.27. The predicted molar refractivity (Wildman–Crippen MR) is 96.9 cm³/mol. The zero-order chi connectivity index (χ0) is 17.1. The number of halogens is 1. The van der Waals surface area contributed by atoms with Crippen LogP contribution in [0.5, 0.6) is 11.5 Å². The average molecular weight is 387 g/mol. The van der Waals surface area contributed by atoms with Crippen LogP contribution in [-0.4, -0.2) is 25.1 Å². The average Bonchev–Trinajstić information content (AvgIpc) is 2.61. The van der Waals surface area contributed by atoms with Crippen LogP contribution >= 0.6 is 15.9 Å². The summed E-state index contributed by atoms with van der Waals surface area (Å²) in [5.74, 6) is 0.896. The molecule has 0 saturated heterocycles. The first kappa shape index (κ1) is 16.3. The Hall–Kier alpha value is -2.60. The van der Waals surface area contributed by atoms with Gasteiger partial charge >= 0.3 is 0 Å². The molecule has 1 amide bonds.